The standard InChI is InChI=1S/C19H16F3N3O4/c1-10-13(24-17(26)11-6-4-3-5-7-11)8-12-15(29-9-19(20,21)22)14(18(27)28)25(2)16(12)23-10/h3-8H,9H2,1-2H3,(H,24,26)(H,27,28). The number of halogens is 3. The van der Waals surface area contributed by atoms with Gasteiger partial charge in [-0.2, -0.15) is 13.2 Å². The fourth-order valence-electron chi connectivity index (χ4n) is 2.85. The van der Waals surface area contributed by atoms with Gasteiger partial charge in [0.1, 0.15) is 5.65 Å². The van der Waals surface area contributed by atoms with Crippen LogP contribution in [0.5, 0.6) is 5.75 Å². The molecular formula is C19H16F3N3O4. The van der Waals surface area contributed by atoms with Gasteiger partial charge in [-0.3, -0.25) is 4.79 Å². The van der Waals surface area contributed by atoms with Crippen molar-refractivity contribution in [1.82, 2.24) is 9.55 Å². The predicted molar refractivity (Wildman–Crippen MR) is 98.4 cm³/mol. The van der Waals surface area contributed by atoms with Gasteiger partial charge in [-0.25, -0.2) is 9.78 Å². The molecule has 0 aliphatic heterocycles. The van der Waals surface area contributed by atoms with Crippen molar-refractivity contribution in [3.05, 3.63) is 53.3 Å². The number of carboxylic acid groups (broad SMARTS) is 1. The lowest BCUT2D eigenvalue weighted by Gasteiger charge is -2.11. The molecule has 2 aromatic heterocycles. The molecule has 0 radical (unpaired) electrons. The minimum Gasteiger partial charge on any atom is -0.481 e. The zero-order chi connectivity index (χ0) is 21.3. The van der Waals surface area contributed by atoms with Crippen LogP contribution < -0.4 is 10.1 Å². The number of aromatic nitrogens is 2. The van der Waals surface area contributed by atoms with Crippen LogP contribution in [0.4, 0.5) is 18.9 Å². The van der Waals surface area contributed by atoms with E-state index < -0.39 is 36.1 Å². The maximum atomic E-state index is 12.6. The van der Waals surface area contributed by atoms with E-state index in [2.05, 4.69) is 10.3 Å². The molecule has 3 rings (SSSR count). The summed E-state index contributed by atoms with van der Waals surface area (Å²) in [5, 5.41) is 12.1. The smallest absolute Gasteiger partial charge is 0.422 e. The van der Waals surface area contributed by atoms with E-state index in [4.69, 9.17) is 4.74 Å². The second kappa shape index (κ2) is 7.46. The summed E-state index contributed by atoms with van der Waals surface area (Å²) >= 11 is 0. The zero-order valence-electron chi connectivity index (χ0n) is 15.4. The van der Waals surface area contributed by atoms with Crippen LogP contribution in [0.1, 0.15) is 26.5 Å². The van der Waals surface area contributed by atoms with Crippen molar-refractivity contribution >= 4 is 28.6 Å². The van der Waals surface area contributed by atoms with E-state index >= 15 is 0 Å². The molecule has 0 unspecified atom stereocenters. The number of carbonyl (C=O) groups is 2. The number of carbonyl (C=O) groups excluding carboxylic acids is 1. The Balaban J connectivity index is 2.08. The van der Waals surface area contributed by atoms with Crippen LogP contribution in [0.15, 0.2) is 36.4 Å². The molecule has 0 aliphatic rings. The summed E-state index contributed by atoms with van der Waals surface area (Å²) in [6, 6.07) is 9.66. The fraction of sp³-hybridized carbons (Fsp3) is 0.211. The Bertz CT molecular complexity index is 1090. The Morgan fingerprint density at radius 1 is 1.24 bits per heavy atom. The van der Waals surface area contributed by atoms with E-state index in [-0.39, 0.29) is 16.7 Å². The number of pyridine rings is 1. The number of nitrogens with zero attached hydrogens (tertiary/aromatic N) is 2. The molecule has 0 aliphatic carbocycles. The van der Waals surface area contributed by atoms with Gasteiger partial charge in [0.15, 0.2) is 18.1 Å². The van der Waals surface area contributed by atoms with Gasteiger partial charge in [0.2, 0.25) is 0 Å². The van der Waals surface area contributed by atoms with Crippen LogP contribution in [-0.2, 0) is 7.05 Å². The second-order valence-electron chi connectivity index (χ2n) is 6.26. The second-order valence-corrected chi connectivity index (χ2v) is 6.26. The van der Waals surface area contributed by atoms with E-state index in [9.17, 15) is 27.9 Å². The van der Waals surface area contributed by atoms with Crippen LogP contribution in [0.25, 0.3) is 11.0 Å². The third-order valence-electron chi connectivity index (χ3n) is 4.17. The van der Waals surface area contributed by atoms with Gasteiger partial charge in [-0.1, -0.05) is 18.2 Å². The van der Waals surface area contributed by atoms with Crippen molar-refractivity contribution in [3.63, 3.8) is 0 Å². The summed E-state index contributed by atoms with van der Waals surface area (Å²) in [6.45, 7) is -0.0737. The van der Waals surface area contributed by atoms with Crippen molar-refractivity contribution in [2.24, 2.45) is 7.05 Å². The van der Waals surface area contributed by atoms with Crippen LogP contribution in [0.2, 0.25) is 0 Å². The van der Waals surface area contributed by atoms with E-state index in [0.29, 0.717) is 11.3 Å². The minimum absolute atomic E-state index is 0.0445. The van der Waals surface area contributed by atoms with E-state index in [1.807, 2.05) is 0 Å². The number of alkyl halides is 3. The molecule has 1 amide bonds. The Kier molecular flexibility index (Phi) is 5.19. The topological polar surface area (TPSA) is 93.4 Å². The molecule has 0 atom stereocenters. The summed E-state index contributed by atoms with van der Waals surface area (Å²) < 4.78 is 43.8. The maximum Gasteiger partial charge on any atom is 0.422 e. The predicted octanol–water partition coefficient (Wildman–Crippen LogP) is 3.77. The summed E-state index contributed by atoms with van der Waals surface area (Å²) in [6.07, 6.45) is -4.65. The van der Waals surface area contributed by atoms with Gasteiger partial charge in [0.25, 0.3) is 5.91 Å². The summed E-state index contributed by atoms with van der Waals surface area (Å²) in [4.78, 5) is 28.3. The number of amides is 1. The third kappa shape index (κ3) is 4.15. The first kappa shape index (κ1) is 20.2. The van der Waals surface area contributed by atoms with Crippen molar-refractivity contribution in [2.45, 2.75) is 13.1 Å². The van der Waals surface area contributed by atoms with Crippen molar-refractivity contribution in [3.8, 4) is 5.75 Å². The highest BCUT2D eigenvalue weighted by atomic mass is 19.4. The first-order valence-corrected chi connectivity index (χ1v) is 8.37. The Morgan fingerprint density at radius 2 is 1.90 bits per heavy atom. The summed E-state index contributed by atoms with van der Waals surface area (Å²) in [5.41, 5.74) is 0.616. The average Bonchev–Trinajstić information content (AvgIpc) is 2.92. The highest BCUT2D eigenvalue weighted by Gasteiger charge is 2.32. The average molecular weight is 407 g/mol. The fourth-order valence-corrected chi connectivity index (χ4v) is 2.85. The number of hydrogen-bond acceptors (Lipinski definition) is 4. The Labute approximate surface area is 162 Å². The number of anilines is 1. The van der Waals surface area contributed by atoms with Crippen LogP contribution in [0.3, 0.4) is 0 Å². The molecule has 0 fully saturated rings. The van der Waals surface area contributed by atoms with Gasteiger partial charge in [-0.05, 0) is 25.1 Å². The third-order valence-corrected chi connectivity index (χ3v) is 4.17. The highest BCUT2D eigenvalue weighted by Crippen LogP contribution is 2.35. The van der Waals surface area contributed by atoms with E-state index in [1.165, 1.54) is 13.1 Å². The molecule has 2 heterocycles. The van der Waals surface area contributed by atoms with Crippen molar-refractivity contribution in [2.75, 3.05) is 11.9 Å². The zero-order valence-corrected chi connectivity index (χ0v) is 15.4. The lowest BCUT2D eigenvalue weighted by atomic mass is 10.2. The molecular weight excluding hydrogens is 391 g/mol. The van der Waals surface area contributed by atoms with E-state index in [0.717, 1.165) is 4.57 Å². The number of nitrogens with one attached hydrogen (secondary N) is 1. The molecule has 0 spiro atoms. The number of fused-ring (bicyclic) bond motifs is 1. The monoisotopic (exact) mass is 407 g/mol. The summed E-state index contributed by atoms with van der Waals surface area (Å²) in [7, 11) is 1.36. The maximum absolute atomic E-state index is 12.6. The van der Waals surface area contributed by atoms with Gasteiger partial charge in [0.05, 0.1) is 16.8 Å². The number of aromatic carboxylic acids is 1. The molecule has 0 bridgehead atoms. The molecule has 1 aromatic carbocycles. The van der Waals surface area contributed by atoms with Gasteiger partial charge in [-0.15, -0.1) is 0 Å². The Morgan fingerprint density at radius 3 is 2.48 bits per heavy atom. The molecule has 10 heteroatoms. The number of aryl methyl sites for hydroxylation is 2. The highest BCUT2D eigenvalue weighted by molar-refractivity contribution is 6.06. The lowest BCUT2D eigenvalue weighted by molar-refractivity contribution is -0.153. The molecule has 29 heavy (non-hydrogen) atoms. The first-order chi connectivity index (χ1) is 13.6. The number of hydrogen-bond donors (Lipinski definition) is 2. The van der Waals surface area contributed by atoms with Gasteiger partial charge in [0, 0.05) is 12.6 Å². The van der Waals surface area contributed by atoms with Crippen molar-refractivity contribution in [1.29, 1.82) is 0 Å². The lowest BCUT2D eigenvalue weighted by Crippen LogP contribution is -2.20. The van der Waals surface area contributed by atoms with E-state index in [1.54, 1.807) is 37.3 Å². The minimum atomic E-state index is -4.65. The van der Waals surface area contributed by atoms with Gasteiger partial charge < -0.3 is 19.7 Å². The molecule has 152 valence electrons. The van der Waals surface area contributed by atoms with Crippen LogP contribution in [-0.4, -0.2) is 39.3 Å². The Hall–Kier alpha value is -3.56. The number of rotatable bonds is 5. The first-order valence-electron chi connectivity index (χ1n) is 8.37. The normalized spacial score (nSPS) is 11.5. The number of benzene rings is 1. The largest absolute Gasteiger partial charge is 0.481 e. The molecule has 2 N–H and O–H groups in total. The van der Waals surface area contributed by atoms with Crippen LogP contribution in [0, 0.1) is 6.92 Å². The van der Waals surface area contributed by atoms with Crippen LogP contribution >= 0.6 is 0 Å². The molecule has 0 saturated carbocycles. The SMILES string of the molecule is Cc1nc2c(cc1NC(=O)c1ccccc1)c(OCC(F)(F)F)c(C(=O)O)n2C. The van der Waals surface area contributed by atoms with Gasteiger partial charge >= 0.3 is 12.1 Å². The molecule has 0 saturated heterocycles. The quantitative estimate of drug-likeness (QED) is 0.672. The summed E-state index contributed by atoms with van der Waals surface area (Å²) in [5.74, 6) is -2.37. The molecule has 3 aromatic rings. The number of ether oxygens (including phenoxy) is 1. The molecule has 7 nitrogen and oxygen atoms in total. The van der Waals surface area contributed by atoms with Crippen molar-refractivity contribution < 1.29 is 32.6 Å². The number of carboxylic acids is 1.